The van der Waals surface area contributed by atoms with Crippen LogP contribution in [0.1, 0.15) is 37.1 Å². The van der Waals surface area contributed by atoms with Crippen LogP contribution in [0.4, 0.5) is 11.4 Å². The van der Waals surface area contributed by atoms with Crippen LogP contribution in [0.5, 0.6) is 0 Å². The second-order valence-corrected chi connectivity index (χ2v) is 10.4. The van der Waals surface area contributed by atoms with Crippen LogP contribution in [0, 0.1) is 6.92 Å². The summed E-state index contributed by atoms with van der Waals surface area (Å²) in [6, 6.07) is 34.6. The summed E-state index contributed by atoms with van der Waals surface area (Å²) in [5.74, 6) is -1.63. The van der Waals surface area contributed by atoms with Gasteiger partial charge in [0.25, 0.3) is 5.91 Å². The summed E-state index contributed by atoms with van der Waals surface area (Å²) >= 11 is 1.41. The number of carbonyl (C=O) groups is 3. The van der Waals surface area contributed by atoms with E-state index in [1.165, 1.54) is 17.8 Å². The Morgan fingerprint density at radius 3 is 2.05 bits per heavy atom. The fourth-order valence-electron chi connectivity index (χ4n) is 4.49. The third-order valence-corrected chi connectivity index (χ3v) is 7.64. The van der Waals surface area contributed by atoms with Gasteiger partial charge in [0.2, 0.25) is 5.91 Å². The Morgan fingerprint density at radius 2 is 1.38 bits per heavy atom. The summed E-state index contributed by atoms with van der Waals surface area (Å²) in [4.78, 5) is 39.2. The van der Waals surface area contributed by atoms with E-state index in [9.17, 15) is 19.5 Å². The number of rotatable bonds is 8. The lowest BCUT2D eigenvalue weighted by atomic mass is 9.98. The molecule has 1 atom stereocenters. The van der Waals surface area contributed by atoms with Crippen LogP contribution in [0.2, 0.25) is 0 Å². The van der Waals surface area contributed by atoms with Gasteiger partial charge in [0.05, 0.1) is 5.56 Å². The van der Waals surface area contributed by atoms with E-state index in [2.05, 4.69) is 10.6 Å². The van der Waals surface area contributed by atoms with Crippen LogP contribution in [0.25, 0.3) is 10.8 Å². The average Bonchev–Trinajstić information content (AvgIpc) is 2.96. The van der Waals surface area contributed by atoms with Crippen LogP contribution in [-0.4, -0.2) is 22.9 Å². The molecule has 0 saturated carbocycles. The van der Waals surface area contributed by atoms with Crippen molar-refractivity contribution in [2.45, 2.75) is 17.1 Å². The lowest BCUT2D eigenvalue weighted by Gasteiger charge is -2.18. The van der Waals surface area contributed by atoms with Crippen molar-refractivity contribution in [2.24, 2.45) is 0 Å². The maximum absolute atomic E-state index is 13.3. The molecule has 0 radical (unpaired) electrons. The van der Waals surface area contributed by atoms with Crippen LogP contribution in [0.3, 0.4) is 0 Å². The minimum Gasteiger partial charge on any atom is -0.478 e. The minimum atomic E-state index is -1.09. The van der Waals surface area contributed by atoms with Gasteiger partial charge in [-0.3, -0.25) is 9.59 Å². The van der Waals surface area contributed by atoms with Crippen LogP contribution in [-0.2, 0) is 4.79 Å². The number of benzene rings is 5. The molecule has 5 aromatic rings. The monoisotopic (exact) mass is 546 g/mol. The van der Waals surface area contributed by atoms with Crippen molar-refractivity contribution < 1.29 is 19.5 Å². The molecule has 5 rings (SSSR count). The first-order valence-electron chi connectivity index (χ1n) is 12.6. The highest BCUT2D eigenvalue weighted by atomic mass is 32.2. The van der Waals surface area contributed by atoms with E-state index < -0.39 is 17.1 Å². The second-order valence-electron chi connectivity index (χ2n) is 9.26. The Labute approximate surface area is 236 Å². The zero-order valence-corrected chi connectivity index (χ0v) is 22.4. The molecule has 5 aromatic carbocycles. The van der Waals surface area contributed by atoms with Crippen molar-refractivity contribution in [1.29, 1.82) is 0 Å². The predicted molar refractivity (Wildman–Crippen MR) is 160 cm³/mol. The first-order valence-corrected chi connectivity index (χ1v) is 13.5. The van der Waals surface area contributed by atoms with Gasteiger partial charge in [-0.1, -0.05) is 66.7 Å². The van der Waals surface area contributed by atoms with E-state index in [1.54, 1.807) is 42.5 Å². The van der Waals surface area contributed by atoms with E-state index in [4.69, 9.17) is 0 Å². The molecule has 2 amide bonds. The molecular weight excluding hydrogens is 520 g/mol. The Kier molecular flexibility index (Phi) is 7.94. The number of hydrogen-bond acceptors (Lipinski definition) is 4. The largest absolute Gasteiger partial charge is 0.478 e. The van der Waals surface area contributed by atoms with Gasteiger partial charge in [-0.2, -0.15) is 0 Å². The van der Waals surface area contributed by atoms with Crippen LogP contribution >= 0.6 is 11.8 Å². The Balaban J connectivity index is 1.35. The summed E-state index contributed by atoms with van der Waals surface area (Å²) < 4.78 is 0. The van der Waals surface area contributed by atoms with Gasteiger partial charge in [-0.25, -0.2) is 4.79 Å². The number of carboxylic acid groups (broad SMARTS) is 1. The van der Waals surface area contributed by atoms with Crippen molar-refractivity contribution >= 4 is 51.7 Å². The Bertz CT molecular complexity index is 1700. The van der Waals surface area contributed by atoms with E-state index >= 15 is 0 Å². The fraction of sp³-hybridized carbons (Fsp3) is 0.0606. The number of aryl methyl sites for hydroxylation is 1. The van der Waals surface area contributed by atoms with Crippen LogP contribution < -0.4 is 10.6 Å². The molecule has 1 unspecified atom stereocenters. The summed E-state index contributed by atoms with van der Waals surface area (Å²) in [7, 11) is 0. The van der Waals surface area contributed by atoms with Gasteiger partial charge in [-0.15, -0.1) is 11.8 Å². The third kappa shape index (κ3) is 6.06. The maximum Gasteiger partial charge on any atom is 0.336 e. The molecule has 40 heavy (non-hydrogen) atoms. The molecule has 0 spiro atoms. The van der Waals surface area contributed by atoms with Crippen molar-refractivity contribution in [3.05, 3.63) is 138 Å². The van der Waals surface area contributed by atoms with Crippen LogP contribution in [0.15, 0.2) is 120 Å². The number of amides is 2. The Morgan fingerprint density at radius 1 is 0.700 bits per heavy atom. The first-order chi connectivity index (χ1) is 19.4. The molecule has 0 heterocycles. The van der Waals surface area contributed by atoms with Crippen molar-refractivity contribution in [3.8, 4) is 0 Å². The number of aromatic carboxylic acids is 1. The highest BCUT2D eigenvalue weighted by Crippen LogP contribution is 2.37. The Hall–Kier alpha value is -4.88. The van der Waals surface area contributed by atoms with Crippen molar-refractivity contribution in [3.63, 3.8) is 0 Å². The topological polar surface area (TPSA) is 95.5 Å². The summed E-state index contributed by atoms with van der Waals surface area (Å²) in [5, 5.41) is 16.1. The molecule has 7 heteroatoms. The lowest BCUT2D eigenvalue weighted by Crippen LogP contribution is -2.19. The average molecular weight is 547 g/mol. The van der Waals surface area contributed by atoms with E-state index in [1.807, 2.05) is 73.7 Å². The molecule has 0 saturated heterocycles. The summed E-state index contributed by atoms with van der Waals surface area (Å²) in [5.41, 5.74) is 3.59. The lowest BCUT2D eigenvalue weighted by molar-refractivity contribution is -0.115. The number of anilines is 2. The second kappa shape index (κ2) is 11.9. The third-order valence-electron chi connectivity index (χ3n) is 6.37. The standard InChI is InChI=1S/C33H26N2O4S/c1-21-8-5-13-25(20-21)35-32(37)30(23-9-3-2-4-10-23)40-26-18-16-24(17-19-26)34-31(36)27-14-6-11-22-12-7-15-28(29(22)27)33(38)39/h2-20,30H,1H3,(H,34,36)(H,35,37)(H,38,39). The zero-order chi connectivity index (χ0) is 28.1. The number of hydrogen-bond donors (Lipinski definition) is 3. The minimum absolute atomic E-state index is 0.0749. The van der Waals surface area contributed by atoms with Crippen molar-refractivity contribution in [2.75, 3.05) is 10.6 Å². The van der Waals surface area contributed by atoms with Gasteiger partial charge in [0, 0.05) is 27.2 Å². The zero-order valence-electron chi connectivity index (χ0n) is 21.6. The maximum atomic E-state index is 13.3. The first kappa shape index (κ1) is 26.7. The number of carbonyl (C=O) groups excluding carboxylic acids is 2. The summed E-state index contributed by atoms with van der Waals surface area (Å²) in [6.07, 6.45) is 0. The quantitative estimate of drug-likeness (QED) is 0.175. The fourth-order valence-corrected chi connectivity index (χ4v) is 5.52. The molecule has 198 valence electrons. The van der Waals surface area contributed by atoms with E-state index in [0.717, 1.165) is 21.7 Å². The molecule has 0 aliphatic carbocycles. The molecule has 6 nitrogen and oxygen atoms in total. The normalized spacial score (nSPS) is 11.5. The SMILES string of the molecule is Cc1cccc(NC(=O)C(Sc2ccc(NC(=O)c3cccc4cccc(C(=O)O)c34)cc2)c2ccccc2)c1. The number of fused-ring (bicyclic) bond motifs is 1. The van der Waals surface area contributed by atoms with Gasteiger partial charge >= 0.3 is 5.97 Å². The van der Waals surface area contributed by atoms with Gasteiger partial charge < -0.3 is 15.7 Å². The smallest absolute Gasteiger partial charge is 0.336 e. The van der Waals surface area contributed by atoms with E-state index in [0.29, 0.717) is 16.5 Å². The highest BCUT2D eigenvalue weighted by Gasteiger charge is 2.22. The predicted octanol–water partition coefficient (Wildman–Crippen LogP) is 7.57. The molecule has 0 bridgehead atoms. The molecule has 3 N–H and O–H groups in total. The number of nitrogens with one attached hydrogen (secondary N) is 2. The number of carboxylic acids is 1. The molecule has 0 aromatic heterocycles. The van der Waals surface area contributed by atoms with Crippen molar-refractivity contribution in [1.82, 2.24) is 0 Å². The number of thioether (sulfide) groups is 1. The highest BCUT2D eigenvalue weighted by molar-refractivity contribution is 8.00. The van der Waals surface area contributed by atoms with Gasteiger partial charge in [-0.05, 0) is 72.0 Å². The summed E-state index contributed by atoms with van der Waals surface area (Å²) in [6.45, 7) is 1.98. The molecule has 0 aliphatic rings. The van der Waals surface area contributed by atoms with Gasteiger partial charge in [0.15, 0.2) is 0 Å². The van der Waals surface area contributed by atoms with Gasteiger partial charge in [0.1, 0.15) is 5.25 Å². The molecule has 0 aliphatic heterocycles. The molecule has 0 fully saturated rings. The molecular formula is C33H26N2O4S. The van der Waals surface area contributed by atoms with E-state index in [-0.39, 0.29) is 17.0 Å².